The molecule has 3 rings (SSSR count). The van der Waals surface area contributed by atoms with Crippen molar-refractivity contribution in [3.05, 3.63) is 54.4 Å². The van der Waals surface area contributed by atoms with Gasteiger partial charge in [0.15, 0.2) is 0 Å². The molecule has 0 radical (unpaired) electrons. The van der Waals surface area contributed by atoms with E-state index in [1.165, 1.54) is 5.69 Å². The third-order valence-corrected chi connectivity index (χ3v) is 5.01. The highest BCUT2D eigenvalue weighted by atomic mass is 16.2. The third kappa shape index (κ3) is 4.79. The number of rotatable bonds is 7. The van der Waals surface area contributed by atoms with Crippen LogP contribution in [0.25, 0.3) is 0 Å². The zero-order valence-corrected chi connectivity index (χ0v) is 16.5. The van der Waals surface area contributed by atoms with Gasteiger partial charge in [0.25, 0.3) is 5.91 Å². The molecule has 1 aliphatic heterocycles. The van der Waals surface area contributed by atoms with Crippen molar-refractivity contribution < 1.29 is 4.79 Å². The summed E-state index contributed by atoms with van der Waals surface area (Å²) in [6.45, 7) is 9.58. The molecule has 27 heavy (non-hydrogen) atoms. The molecule has 1 amide bonds. The largest absolute Gasteiger partial charge is 0.370 e. The van der Waals surface area contributed by atoms with Crippen LogP contribution in [0.2, 0.25) is 0 Å². The number of para-hydroxylation sites is 1. The van der Waals surface area contributed by atoms with Crippen LogP contribution in [0.15, 0.2) is 48.7 Å². The van der Waals surface area contributed by atoms with Gasteiger partial charge in [0.1, 0.15) is 5.69 Å². The van der Waals surface area contributed by atoms with Crippen LogP contribution in [0.3, 0.4) is 0 Å². The molecule has 0 unspecified atom stereocenters. The predicted octanol–water partition coefficient (Wildman–Crippen LogP) is 3.67. The van der Waals surface area contributed by atoms with Crippen molar-refractivity contribution in [1.82, 2.24) is 9.88 Å². The molecule has 1 fully saturated rings. The molecular weight excluding hydrogens is 336 g/mol. The monoisotopic (exact) mass is 366 g/mol. The second-order valence-electron chi connectivity index (χ2n) is 7.00. The molecule has 0 saturated carbocycles. The van der Waals surface area contributed by atoms with Crippen LogP contribution in [0.1, 0.15) is 37.2 Å². The normalized spacial score (nSPS) is 14.3. The Bertz CT molecular complexity index is 703. The second-order valence-corrected chi connectivity index (χ2v) is 7.00. The van der Waals surface area contributed by atoms with Gasteiger partial charge in [0.2, 0.25) is 0 Å². The number of anilines is 2. The average molecular weight is 367 g/mol. The van der Waals surface area contributed by atoms with E-state index in [1.807, 2.05) is 29.3 Å². The van der Waals surface area contributed by atoms with Crippen molar-refractivity contribution in [2.75, 3.05) is 49.1 Å². The lowest BCUT2D eigenvalue weighted by molar-refractivity contribution is 0.0741. The first-order chi connectivity index (χ1) is 13.2. The number of carbonyl (C=O) groups is 1. The Morgan fingerprint density at radius 3 is 2.19 bits per heavy atom. The van der Waals surface area contributed by atoms with E-state index < -0.39 is 0 Å². The van der Waals surface area contributed by atoms with E-state index in [0.29, 0.717) is 5.69 Å². The van der Waals surface area contributed by atoms with Gasteiger partial charge in [0, 0.05) is 45.0 Å². The summed E-state index contributed by atoms with van der Waals surface area (Å²) in [5.41, 5.74) is 2.86. The standard InChI is InChI=1S/C22H30N4O/c1-3-12-24(13-4-2)20-10-11-21(23-18-20)22(27)26-16-14-25(15-17-26)19-8-6-5-7-9-19/h5-11,18H,3-4,12-17H2,1-2H3. The lowest BCUT2D eigenvalue weighted by atomic mass is 10.2. The molecule has 2 aromatic rings. The van der Waals surface area contributed by atoms with Crippen molar-refractivity contribution >= 4 is 17.3 Å². The minimum atomic E-state index is 0.0341. The smallest absolute Gasteiger partial charge is 0.272 e. The van der Waals surface area contributed by atoms with E-state index in [1.54, 1.807) is 0 Å². The second kappa shape index (κ2) is 9.40. The summed E-state index contributed by atoms with van der Waals surface area (Å²) in [5.74, 6) is 0.0341. The molecular formula is C22H30N4O. The number of piperazine rings is 1. The van der Waals surface area contributed by atoms with Crippen LogP contribution >= 0.6 is 0 Å². The molecule has 1 saturated heterocycles. The van der Waals surface area contributed by atoms with Gasteiger partial charge in [-0.3, -0.25) is 4.79 Å². The Kier molecular flexibility index (Phi) is 6.69. The fourth-order valence-corrected chi connectivity index (χ4v) is 3.58. The van der Waals surface area contributed by atoms with Crippen molar-refractivity contribution in [1.29, 1.82) is 0 Å². The quantitative estimate of drug-likeness (QED) is 0.750. The highest BCUT2D eigenvalue weighted by Gasteiger charge is 2.23. The van der Waals surface area contributed by atoms with Gasteiger partial charge >= 0.3 is 0 Å². The summed E-state index contributed by atoms with van der Waals surface area (Å²) < 4.78 is 0. The number of nitrogens with zero attached hydrogens (tertiary/aromatic N) is 4. The molecule has 0 bridgehead atoms. The van der Waals surface area contributed by atoms with Gasteiger partial charge in [-0.1, -0.05) is 32.0 Å². The van der Waals surface area contributed by atoms with E-state index in [9.17, 15) is 4.79 Å². The highest BCUT2D eigenvalue weighted by molar-refractivity contribution is 5.92. The molecule has 0 spiro atoms. The number of hydrogen-bond donors (Lipinski definition) is 0. The molecule has 5 heteroatoms. The van der Waals surface area contributed by atoms with Gasteiger partial charge in [-0.2, -0.15) is 0 Å². The summed E-state index contributed by atoms with van der Waals surface area (Å²) in [5, 5.41) is 0. The zero-order valence-electron chi connectivity index (χ0n) is 16.5. The molecule has 1 aliphatic rings. The van der Waals surface area contributed by atoms with Gasteiger partial charge in [0.05, 0.1) is 11.9 Å². The van der Waals surface area contributed by atoms with Crippen molar-refractivity contribution in [2.24, 2.45) is 0 Å². The number of amides is 1. The fraction of sp³-hybridized carbons (Fsp3) is 0.455. The molecule has 1 aromatic carbocycles. The van der Waals surface area contributed by atoms with Crippen LogP contribution in [-0.2, 0) is 0 Å². The molecule has 0 aliphatic carbocycles. The minimum absolute atomic E-state index is 0.0341. The maximum atomic E-state index is 12.8. The van der Waals surface area contributed by atoms with Gasteiger partial charge in [-0.25, -0.2) is 4.98 Å². The van der Waals surface area contributed by atoms with E-state index in [4.69, 9.17) is 0 Å². The summed E-state index contributed by atoms with van der Waals surface area (Å²) in [7, 11) is 0. The lowest BCUT2D eigenvalue weighted by Gasteiger charge is -2.36. The lowest BCUT2D eigenvalue weighted by Crippen LogP contribution is -2.49. The SMILES string of the molecule is CCCN(CCC)c1ccc(C(=O)N2CCN(c3ccccc3)CC2)nc1. The van der Waals surface area contributed by atoms with Crippen LogP contribution in [0.4, 0.5) is 11.4 Å². The Morgan fingerprint density at radius 1 is 0.963 bits per heavy atom. The van der Waals surface area contributed by atoms with Crippen molar-refractivity contribution in [3.8, 4) is 0 Å². The number of pyridine rings is 1. The van der Waals surface area contributed by atoms with Gasteiger partial charge in [-0.05, 0) is 37.1 Å². The van der Waals surface area contributed by atoms with E-state index in [2.05, 4.69) is 52.9 Å². The molecule has 2 heterocycles. The fourth-order valence-electron chi connectivity index (χ4n) is 3.58. The topological polar surface area (TPSA) is 39.7 Å². The van der Waals surface area contributed by atoms with Crippen LogP contribution in [0, 0.1) is 0 Å². The number of benzene rings is 1. The number of hydrogen-bond acceptors (Lipinski definition) is 4. The van der Waals surface area contributed by atoms with Gasteiger partial charge < -0.3 is 14.7 Å². The maximum Gasteiger partial charge on any atom is 0.272 e. The first-order valence-electron chi connectivity index (χ1n) is 10.0. The Labute approximate surface area is 162 Å². The molecule has 5 nitrogen and oxygen atoms in total. The van der Waals surface area contributed by atoms with Crippen molar-refractivity contribution in [2.45, 2.75) is 26.7 Å². The Morgan fingerprint density at radius 2 is 1.63 bits per heavy atom. The van der Waals surface area contributed by atoms with E-state index in [-0.39, 0.29) is 5.91 Å². The molecule has 1 aromatic heterocycles. The summed E-state index contributed by atoms with van der Waals surface area (Å²) in [6.07, 6.45) is 4.05. The van der Waals surface area contributed by atoms with Crippen LogP contribution < -0.4 is 9.80 Å². The van der Waals surface area contributed by atoms with Crippen LogP contribution in [0.5, 0.6) is 0 Å². The Balaban J connectivity index is 1.60. The number of aromatic nitrogens is 1. The number of carbonyl (C=O) groups excluding carboxylic acids is 1. The first kappa shape index (κ1) is 19.2. The average Bonchev–Trinajstić information content (AvgIpc) is 2.74. The van der Waals surface area contributed by atoms with E-state index in [0.717, 1.165) is 57.8 Å². The predicted molar refractivity (Wildman–Crippen MR) is 112 cm³/mol. The summed E-state index contributed by atoms with van der Waals surface area (Å²) in [4.78, 5) is 23.9. The van der Waals surface area contributed by atoms with Crippen LogP contribution in [-0.4, -0.2) is 55.1 Å². The van der Waals surface area contributed by atoms with Crippen molar-refractivity contribution in [3.63, 3.8) is 0 Å². The first-order valence-corrected chi connectivity index (χ1v) is 10.0. The summed E-state index contributed by atoms with van der Waals surface area (Å²) in [6, 6.07) is 14.3. The zero-order chi connectivity index (χ0) is 19.1. The van der Waals surface area contributed by atoms with E-state index >= 15 is 0 Å². The minimum Gasteiger partial charge on any atom is -0.370 e. The Hall–Kier alpha value is -2.56. The third-order valence-electron chi connectivity index (χ3n) is 5.01. The maximum absolute atomic E-state index is 12.8. The highest BCUT2D eigenvalue weighted by Crippen LogP contribution is 2.18. The van der Waals surface area contributed by atoms with Gasteiger partial charge in [-0.15, -0.1) is 0 Å². The molecule has 0 atom stereocenters. The molecule has 0 N–H and O–H groups in total. The molecule has 144 valence electrons. The summed E-state index contributed by atoms with van der Waals surface area (Å²) >= 11 is 0.